The van der Waals surface area contributed by atoms with Crippen LogP contribution >= 0.6 is 0 Å². The molecule has 0 N–H and O–H groups in total. The van der Waals surface area contributed by atoms with E-state index in [1.165, 1.54) is 13.0 Å². The van der Waals surface area contributed by atoms with Gasteiger partial charge in [0.1, 0.15) is 0 Å². The zero-order valence-corrected chi connectivity index (χ0v) is 6.85. The second kappa shape index (κ2) is 3.67. The summed E-state index contributed by atoms with van der Waals surface area (Å²) in [7, 11) is 4.45. The van der Waals surface area contributed by atoms with Crippen molar-refractivity contribution in [2.75, 3.05) is 27.2 Å². The van der Waals surface area contributed by atoms with E-state index in [0.29, 0.717) is 0 Å². The lowest BCUT2D eigenvalue weighted by Crippen LogP contribution is -2.39. The highest BCUT2D eigenvalue weighted by molar-refractivity contribution is 4.64. The fraction of sp³-hybridized carbons (Fsp3) is 0.750. The van der Waals surface area contributed by atoms with Crippen LogP contribution in [0.15, 0.2) is 12.7 Å². The molecule has 0 rings (SSSR count). The van der Waals surface area contributed by atoms with Crippen LogP contribution in [0.3, 0.4) is 0 Å². The van der Waals surface area contributed by atoms with E-state index in [2.05, 4.69) is 27.6 Å². The van der Waals surface area contributed by atoms with Crippen LogP contribution in [0.1, 0.15) is 13.3 Å². The van der Waals surface area contributed by atoms with Gasteiger partial charge in [0.2, 0.25) is 0 Å². The van der Waals surface area contributed by atoms with Gasteiger partial charge in [0.15, 0.2) is 0 Å². The molecule has 0 bridgehead atoms. The predicted molar refractivity (Wildman–Crippen MR) is 42.3 cm³/mol. The normalized spacial score (nSPS) is 11.4. The Morgan fingerprint density at radius 2 is 2.00 bits per heavy atom. The van der Waals surface area contributed by atoms with E-state index in [4.69, 9.17) is 0 Å². The molecule has 54 valence electrons. The lowest BCUT2D eigenvalue weighted by Gasteiger charge is -2.27. The van der Waals surface area contributed by atoms with Crippen LogP contribution in [0.5, 0.6) is 0 Å². The SMILES string of the molecule is C=CC[N+](C)(C)CCC. The van der Waals surface area contributed by atoms with Crippen molar-refractivity contribution in [3.05, 3.63) is 12.7 Å². The van der Waals surface area contributed by atoms with Gasteiger partial charge in [-0.1, -0.05) is 13.5 Å². The molecule has 0 aromatic heterocycles. The summed E-state index contributed by atoms with van der Waals surface area (Å²) in [5.41, 5.74) is 0. The van der Waals surface area contributed by atoms with Crippen LogP contribution in [0.4, 0.5) is 0 Å². The molecule has 9 heavy (non-hydrogen) atoms. The Bertz CT molecular complexity index is 84.6. The molecular weight excluding hydrogens is 110 g/mol. The molecule has 0 amide bonds. The quantitative estimate of drug-likeness (QED) is 0.399. The Kier molecular flexibility index (Phi) is 3.55. The standard InChI is InChI=1S/C8H18N/c1-5-7-9(3,4)8-6-2/h5H,1,6-8H2,2-4H3/q+1. The minimum Gasteiger partial charge on any atom is -0.325 e. The summed E-state index contributed by atoms with van der Waals surface area (Å²) in [4.78, 5) is 0. The Morgan fingerprint density at radius 1 is 1.44 bits per heavy atom. The summed E-state index contributed by atoms with van der Waals surface area (Å²) in [5.74, 6) is 0. The van der Waals surface area contributed by atoms with Crippen molar-refractivity contribution >= 4 is 0 Å². The van der Waals surface area contributed by atoms with E-state index in [1.807, 2.05) is 6.08 Å². The van der Waals surface area contributed by atoms with Crippen LogP contribution in [-0.2, 0) is 0 Å². The highest BCUT2D eigenvalue weighted by Gasteiger charge is 2.08. The third kappa shape index (κ3) is 4.22. The molecule has 0 radical (unpaired) electrons. The molecule has 0 unspecified atom stereocenters. The molecule has 0 aliphatic heterocycles. The van der Waals surface area contributed by atoms with Crippen LogP contribution in [0.25, 0.3) is 0 Å². The molecule has 0 spiro atoms. The average Bonchev–Trinajstić information content (AvgIpc) is 1.64. The molecular formula is C8H18N+. The van der Waals surface area contributed by atoms with Gasteiger partial charge in [0, 0.05) is 0 Å². The maximum atomic E-state index is 3.71. The van der Waals surface area contributed by atoms with Crippen molar-refractivity contribution in [2.24, 2.45) is 0 Å². The second-order valence-corrected chi connectivity index (χ2v) is 3.13. The summed E-state index contributed by atoms with van der Waals surface area (Å²) < 4.78 is 1.07. The van der Waals surface area contributed by atoms with Gasteiger partial charge in [-0.3, -0.25) is 0 Å². The van der Waals surface area contributed by atoms with Crippen LogP contribution in [-0.4, -0.2) is 31.7 Å². The summed E-state index contributed by atoms with van der Waals surface area (Å²) in [6, 6.07) is 0. The van der Waals surface area contributed by atoms with Crippen molar-refractivity contribution in [3.63, 3.8) is 0 Å². The zero-order valence-electron chi connectivity index (χ0n) is 6.85. The number of hydrogen-bond donors (Lipinski definition) is 0. The minimum absolute atomic E-state index is 1.07. The highest BCUT2D eigenvalue weighted by Crippen LogP contribution is 1.97. The van der Waals surface area contributed by atoms with E-state index in [9.17, 15) is 0 Å². The Labute approximate surface area is 58.6 Å². The van der Waals surface area contributed by atoms with Gasteiger partial charge < -0.3 is 4.48 Å². The molecule has 0 aliphatic carbocycles. The molecule has 0 saturated carbocycles. The molecule has 1 nitrogen and oxygen atoms in total. The van der Waals surface area contributed by atoms with E-state index in [1.54, 1.807) is 0 Å². The monoisotopic (exact) mass is 128 g/mol. The summed E-state index contributed by atoms with van der Waals surface area (Å²) >= 11 is 0. The maximum absolute atomic E-state index is 3.71. The van der Waals surface area contributed by atoms with Crippen LogP contribution in [0, 0.1) is 0 Å². The molecule has 0 fully saturated rings. The Balaban J connectivity index is 3.55. The molecule has 0 aromatic carbocycles. The number of hydrogen-bond acceptors (Lipinski definition) is 0. The Morgan fingerprint density at radius 3 is 2.33 bits per heavy atom. The largest absolute Gasteiger partial charge is 0.325 e. The predicted octanol–water partition coefficient (Wildman–Crippen LogP) is 1.66. The summed E-state index contributed by atoms with van der Waals surface area (Å²) in [6.45, 7) is 8.24. The fourth-order valence-electron chi connectivity index (χ4n) is 1.05. The summed E-state index contributed by atoms with van der Waals surface area (Å²) in [5, 5.41) is 0. The molecule has 1 heteroatoms. The van der Waals surface area contributed by atoms with Gasteiger partial charge >= 0.3 is 0 Å². The smallest absolute Gasteiger partial charge is 0.0966 e. The van der Waals surface area contributed by atoms with Crippen molar-refractivity contribution in [1.82, 2.24) is 0 Å². The summed E-state index contributed by atoms with van der Waals surface area (Å²) in [6.07, 6.45) is 3.23. The average molecular weight is 128 g/mol. The lowest BCUT2D eigenvalue weighted by molar-refractivity contribution is -0.884. The fourth-order valence-corrected chi connectivity index (χ4v) is 1.05. The Hall–Kier alpha value is -0.300. The molecule has 0 saturated heterocycles. The van der Waals surface area contributed by atoms with Gasteiger partial charge in [-0.25, -0.2) is 0 Å². The highest BCUT2D eigenvalue weighted by atomic mass is 15.3. The van der Waals surface area contributed by atoms with E-state index in [-0.39, 0.29) is 0 Å². The maximum Gasteiger partial charge on any atom is 0.0966 e. The van der Waals surface area contributed by atoms with Gasteiger partial charge in [-0.15, -0.1) is 0 Å². The van der Waals surface area contributed by atoms with Crippen LogP contribution in [0.2, 0.25) is 0 Å². The number of rotatable bonds is 4. The third-order valence-electron chi connectivity index (χ3n) is 1.45. The third-order valence-corrected chi connectivity index (χ3v) is 1.45. The van der Waals surface area contributed by atoms with E-state index >= 15 is 0 Å². The van der Waals surface area contributed by atoms with Crippen molar-refractivity contribution < 1.29 is 4.48 Å². The zero-order chi connectivity index (χ0) is 7.33. The lowest BCUT2D eigenvalue weighted by atomic mass is 10.3. The van der Waals surface area contributed by atoms with Crippen molar-refractivity contribution in [3.8, 4) is 0 Å². The van der Waals surface area contributed by atoms with Gasteiger partial charge in [-0.2, -0.15) is 0 Å². The first-order chi connectivity index (χ1) is 4.12. The van der Waals surface area contributed by atoms with Gasteiger partial charge in [0.25, 0.3) is 0 Å². The molecule has 0 aliphatic rings. The topological polar surface area (TPSA) is 0 Å². The van der Waals surface area contributed by atoms with Crippen molar-refractivity contribution in [2.45, 2.75) is 13.3 Å². The first-order valence-corrected chi connectivity index (χ1v) is 3.55. The van der Waals surface area contributed by atoms with Gasteiger partial charge in [-0.05, 0) is 12.5 Å². The van der Waals surface area contributed by atoms with E-state index < -0.39 is 0 Å². The molecule has 0 heterocycles. The second-order valence-electron chi connectivity index (χ2n) is 3.13. The van der Waals surface area contributed by atoms with Crippen LogP contribution < -0.4 is 0 Å². The first kappa shape index (κ1) is 8.70. The molecule has 0 atom stereocenters. The number of quaternary nitrogens is 1. The first-order valence-electron chi connectivity index (χ1n) is 3.55. The number of nitrogens with zero attached hydrogens (tertiary/aromatic N) is 1. The number of likely N-dealkylation sites (N-methyl/N-ethyl adjacent to an activating group) is 1. The van der Waals surface area contributed by atoms with E-state index in [0.717, 1.165) is 11.0 Å². The minimum atomic E-state index is 1.07. The molecule has 0 aromatic rings. The van der Waals surface area contributed by atoms with Crippen molar-refractivity contribution in [1.29, 1.82) is 0 Å². The van der Waals surface area contributed by atoms with Gasteiger partial charge in [0.05, 0.1) is 27.2 Å².